The fraction of sp³-hybridized carbons (Fsp3) is 0.400. The molecule has 0 unspecified atom stereocenters. The summed E-state index contributed by atoms with van der Waals surface area (Å²) in [7, 11) is 0. The minimum Gasteiger partial charge on any atom is -0.274 e. The summed E-state index contributed by atoms with van der Waals surface area (Å²) in [5.74, 6) is -0.239. The average molecular weight is 307 g/mol. The molecule has 3 aliphatic rings. The van der Waals surface area contributed by atoms with Crippen LogP contribution in [-0.4, -0.2) is 11.8 Å². The van der Waals surface area contributed by atoms with Crippen LogP contribution in [0.3, 0.4) is 0 Å². The van der Waals surface area contributed by atoms with Crippen molar-refractivity contribution in [2.75, 3.05) is 4.90 Å². The maximum Gasteiger partial charge on any atom is 0.238 e. The van der Waals surface area contributed by atoms with Gasteiger partial charge >= 0.3 is 0 Å². The molecule has 0 N–H and O–H groups in total. The van der Waals surface area contributed by atoms with E-state index < -0.39 is 0 Å². The second-order valence-electron chi connectivity index (χ2n) is 7.22. The van der Waals surface area contributed by atoms with Crippen molar-refractivity contribution < 1.29 is 9.59 Å². The summed E-state index contributed by atoms with van der Waals surface area (Å²) in [5.41, 5.74) is 5.53. The van der Waals surface area contributed by atoms with Crippen LogP contribution in [0.5, 0.6) is 0 Å². The zero-order valence-electron chi connectivity index (χ0n) is 14.0. The molecule has 4 atom stereocenters. The number of allylic oxidation sites excluding steroid dienone is 4. The first-order valence-electron chi connectivity index (χ1n) is 8.22. The molecule has 118 valence electrons. The van der Waals surface area contributed by atoms with Crippen molar-refractivity contribution in [1.82, 2.24) is 0 Å². The second-order valence-corrected chi connectivity index (χ2v) is 7.22. The van der Waals surface area contributed by atoms with Gasteiger partial charge < -0.3 is 0 Å². The van der Waals surface area contributed by atoms with Gasteiger partial charge in [0.2, 0.25) is 11.8 Å². The van der Waals surface area contributed by atoms with E-state index in [0.29, 0.717) is 0 Å². The van der Waals surface area contributed by atoms with Crippen LogP contribution < -0.4 is 4.90 Å². The topological polar surface area (TPSA) is 37.4 Å². The van der Waals surface area contributed by atoms with Gasteiger partial charge in [0.05, 0.1) is 17.5 Å². The number of fused-ring (bicyclic) bond motifs is 5. The highest BCUT2D eigenvalue weighted by molar-refractivity contribution is 6.23. The Bertz CT molecular complexity index is 764. The minimum atomic E-state index is -0.205. The summed E-state index contributed by atoms with van der Waals surface area (Å²) >= 11 is 0. The van der Waals surface area contributed by atoms with Crippen molar-refractivity contribution in [3.05, 3.63) is 52.6 Å². The summed E-state index contributed by atoms with van der Waals surface area (Å²) in [5, 5.41) is 0. The van der Waals surface area contributed by atoms with Crippen molar-refractivity contribution in [3.63, 3.8) is 0 Å². The fourth-order valence-corrected chi connectivity index (χ4v) is 4.55. The van der Waals surface area contributed by atoms with Crippen LogP contribution in [0.25, 0.3) is 0 Å². The van der Waals surface area contributed by atoms with Crippen LogP contribution in [0.1, 0.15) is 25.0 Å². The van der Waals surface area contributed by atoms with Gasteiger partial charge in [-0.3, -0.25) is 9.59 Å². The number of anilines is 1. The van der Waals surface area contributed by atoms with Gasteiger partial charge in [-0.2, -0.15) is 0 Å². The van der Waals surface area contributed by atoms with E-state index in [2.05, 4.69) is 26.0 Å². The number of hydrogen-bond donors (Lipinski definition) is 0. The van der Waals surface area contributed by atoms with Crippen molar-refractivity contribution in [2.45, 2.75) is 27.7 Å². The SMILES string of the molecule is CC(C)=C1[C@H]2C=C[C@H]1[C@H]1C(=O)N(c3ccc(C)c(C)c3)C(=O)[C@H]12. The number of aryl methyl sites for hydroxylation is 2. The molecule has 2 fully saturated rings. The zero-order chi connectivity index (χ0) is 16.5. The number of hydrogen-bond acceptors (Lipinski definition) is 2. The number of benzene rings is 1. The molecule has 1 aliphatic heterocycles. The van der Waals surface area contributed by atoms with Crippen LogP contribution in [0.4, 0.5) is 5.69 Å². The van der Waals surface area contributed by atoms with Gasteiger partial charge in [0, 0.05) is 11.8 Å². The van der Waals surface area contributed by atoms with Gasteiger partial charge in [-0.25, -0.2) is 4.90 Å². The van der Waals surface area contributed by atoms with E-state index in [9.17, 15) is 9.59 Å². The molecule has 1 aromatic carbocycles. The van der Waals surface area contributed by atoms with E-state index in [1.165, 1.54) is 21.6 Å². The number of nitrogens with zero attached hydrogens (tertiary/aromatic N) is 1. The van der Waals surface area contributed by atoms with Crippen molar-refractivity contribution in [3.8, 4) is 0 Å². The number of amides is 2. The first-order valence-corrected chi connectivity index (χ1v) is 8.22. The molecule has 2 aliphatic carbocycles. The second kappa shape index (κ2) is 4.67. The highest BCUT2D eigenvalue weighted by Gasteiger charge is 2.61. The highest BCUT2D eigenvalue weighted by atomic mass is 16.2. The Kier molecular flexibility index (Phi) is 2.93. The maximum absolute atomic E-state index is 13.0. The van der Waals surface area contributed by atoms with Crippen LogP contribution >= 0.6 is 0 Å². The molecule has 0 radical (unpaired) electrons. The Labute approximate surface area is 136 Å². The van der Waals surface area contributed by atoms with Crippen LogP contribution in [0.15, 0.2) is 41.5 Å². The lowest BCUT2D eigenvalue weighted by Gasteiger charge is -2.20. The van der Waals surface area contributed by atoms with Gasteiger partial charge in [-0.05, 0) is 51.0 Å². The lowest BCUT2D eigenvalue weighted by Crippen LogP contribution is -2.33. The number of carbonyl (C=O) groups is 2. The monoisotopic (exact) mass is 307 g/mol. The van der Waals surface area contributed by atoms with Gasteiger partial charge in [0.15, 0.2) is 0 Å². The third-order valence-corrected chi connectivity index (χ3v) is 5.74. The first-order chi connectivity index (χ1) is 10.9. The molecular weight excluding hydrogens is 286 g/mol. The van der Waals surface area contributed by atoms with E-state index in [0.717, 1.165) is 11.3 Å². The molecular formula is C20H21NO2. The average Bonchev–Trinajstić information content (AvgIpc) is 3.13. The highest BCUT2D eigenvalue weighted by Crippen LogP contribution is 2.57. The van der Waals surface area contributed by atoms with Crippen LogP contribution in [0.2, 0.25) is 0 Å². The van der Waals surface area contributed by atoms with E-state index in [1.54, 1.807) is 0 Å². The minimum absolute atomic E-state index is 0.0288. The quantitative estimate of drug-likeness (QED) is 0.587. The van der Waals surface area contributed by atoms with Gasteiger partial charge in [-0.1, -0.05) is 29.4 Å². The molecule has 0 aromatic heterocycles. The third kappa shape index (κ3) is 1.76. The number of imide groups is 1. The molecule has 1 aromatic rings. The number of carbonyl (C=O) groups excluding carboxylic acids is 2. The number of rotatable bonds is 1. The Balaban J connectivity index is 1.77. The maximum atomic E-state index is 13.0. The Hall–Kier alpha value is -2.16. The molecule has 4 rings (SSSR count). The standard InChI is InChI=1S/C20H21NO2/c1-10(2)16-14-7-8-15(16)18-17(14)19(22)21(20(18)23)13-6-5-11(3)12(4)9-13/h5-9,14-15,17-18H,1-4H3/t14-,15-,17-,18+/m1/s1. The van der Waals surface area contributed by atoms with Crippen molar-refractivity contribution in [2.24, 2.45) is 23.7 Å². The Morgan fingerprint density at radius 3 is 1.96 bits per heavy atom. The molecule has 1 saturated heterocycles. The van der Waals surface area contributed by atoms with Crippen molar-refractivity contribution in [1.29, 1.82) is 0 Å². The largest absolute Gasteiger partial charge is 0.274 e. The summed E-state index contributed by atoms with van der Waals surface area (Å²) < 4.78 is 0. The predicted molar refractivity (Wildman–Crippen MR) is 89.9 cm³/mol. The molecule has 0 spiro atoms. The molecule has 3 nitrogen and oxygen atoms in total. The smallest absolute Gasteiger partial charge is 0.238 e. The molecule has 2 bridgehead atoms. The summed E-state index contributed by atoms with van der Waals surface area (Å²) in [6.07, 6.45) is 4.26. The molecule has 2 amide bonds. The van der Waals surface area contributed by atoms with E-state index in [-0.39, 0.29) is 35.5 Å². The summed E-state index contributed by atoms with van der Waals surface area (Å²) in [6.45, 7) is 8.21. The molecule has 1 saturated carbocycles. The Morgan fingerprint density at radius 1 is 0.913 bits per heavy atom. The zero-order valence-corrected chi connectivity index (χ0v) is 14.0. The van der Waals surface area contributed by atoms with E-state index in [4.69, 9.17) is 0 Å². The lowest BCUT2D eigenvalue weighted by molar-refractivity contribution is -0.122. The van der Waals surface area contributed by atoms with Gasteiger partial charge in [0.25, 0.3) is 0 Å². The summed E-state index contributed by atoms with van der Waals surface area (Å²) in [6, 6.07) is 5.81. The summed E-state index contributed by atoms with van der Waals surface area (Å²) in [4.78, 5) is 27.4. The third-order valence-electron chi connectivity index (χ3n) is 5.74. The fourth-order valence-electron chi connectivity index (χ4n) is 4.55. The van der Waals surface area contributed by atoms with E-state index in [1.807, 2.05) is 32.0 Å². The van der Waals surface area contributed by atoms with Gasteiger partial charge in [0.1, 0.15) is 0 Å². The van der Waals surface area contributed by atoms with E-state index >= 15 is 0 Å². The molecule has 23 heavy (non-hydrogen) atoms. The molecule has 3 heteroatoms. The predicted octanol–water partition coefficient (Wildman–Crippen LogP) is 3.56. The van der Waals surface area contributed by atoms with Crippen molar-refractivity contribution >= 4 is 17.5 Å². The first kappa shape index (κ1) is 14.4. The van der Waals surface area contributed by atoms with Crippen LogP contribution in [0, 0.1) is 37.5 Å². The molecule has 1 heterocycles. The van der Waals surface area contributed by atoms with Gasteiger partial charge in [-0.15, -0.1) is 0 Å². The Morgan fingerprint density at radius 2 is 1.48 bits per heavy atom. The lowest BCUT2D eigenvalue weighted by atomic mass is 9.85. The van der Waals surface area contributed by atoms with Crippen LogP contribution in [-0.2, 0) is 9.59 Å². The normalized spacial score (nSPS) is 31.3.